The summed E-state index contributed by atoms with van der Waals surface area (Å²) in [5.74, 6) is -5.66. The topological polar surface area (TPSA) is 54.8 Å². The van der Waals surface area contributed by atoms with Gasteiger partial charge in [0, 0.05) is 23.9 Å². The van der Waals surface area contributed by atoms with E-state index in [4.69, 9.17) is 21.2 Å². The molecule has 14 heteroatoms. The van der Waals surface area contributed by atoms with Crippen molar-refractivity contribution in [3.63, 3.8) is 0 Å². The highest BCUT2D eigenvalue weighted by Crippen LogP contribution is 2.44. The number of aromatic nitrogens is 1. The number of hydrogen-bond acceptors (Lipinski definition) is 5. The summed E-state index contributed by atoms with van der Waals surface area (Å²) in [5.41, 5.74) is -1.65. The van der Waals surface area contributed by atoms with Crippen LogP contribution in [0, 0.1) is 0 Å². The molecule has 0 saturated carbocycles. The fraction of sp³-hybridized carbons (Fsp3) is 0.227. The summed E-state index contributed by atoms with van der Waals surface area (Å²) in [6.45, 7) is -1.26. The number of rotatable bonds is 8. The van der Waals surface area contributed by atoms with Crippen molar-refractivity contribution in [3.8, 4) is 17.2 Å². The number of hydrogen-bond donors (Lipinski definition) is 1. The molecule has 0 unspecified atom stereocenters. The smallest absolute Gasteiger partial charge is 0.456 e. The van der Waals surface area contributed by atoms with Crippen molar-refractivity contribution in [3.05, 3.63) is 77.6 Å². The van der Waals surface area contributed by atoms with Crippen LogP contribution in [0.2, 0.25) is 5.02 Å². The zero-order valence-electron chi connectivity index (χ0n) is 17.7. The Morgan fingerprint density at radius 2 is 1.53 bits per heavy atom. The molecule has 1 atom stereocenters. The van der Waals surface area contributed by atoms with E-state index in [0.29, 0.717) is 17.2 Å². The standard InChI is InChI=1S/C22H15ClF8N2O3/c23-14-8-18(11-32-10-14)35-16-5-2-4-15(9-16)33(12-19(34)21(26,27)28)36-17-6-1-3-13(7-17)20(24,25)22(29,30)31/h1-11,19,34H,12H2/t19-/m0/s1. The van der Waals surface area contributed by atoms with E-state index in [1.165, 1.54) is 42.7 Å². The predicted octanol–water partition coefficient (Wildman–Crippen LogP) is 6.91. The second-order valence-electron chi connectivity index (χ2n) is 7.25. The van der Waals surface area contributed by atoms with Crippen molar-refractivity contribution in [2.24, 2.45) is 0 Å². The first-order chi connectivity index (χ1) is 16.7. The molecule has 1 heterocycles. The molecule has 0 fully saturated rings. The van der Waals surface area contributed by atoms with E-state index in [0.717, 1.165) is 12.1 Å². The lowest BCUT2D eigenvalue weighted by atomic mass is 10.1. The van der Waals surface area contributed by atoms with E-state index >= 15 is 0 Å². The van der Waals surface area contributed by atoms with Crippen LogP contribution in [0.15, 0.2) is 67.0 Å². The lowest BCUT2D eigenvalue weighted by Gasteiger charge is -2.28. The fourth-order valence-electron chi connectivity index (χ4n) is 2.78. The van der Waals surface area contributed by atoms with Gasteiger partial charge < -0.3 is 14.7 Å². The Morgan fingerprint density at radius 3 is 2.17 bits per heavy atom. The highest BCUT2D eigenvalue weighted by Gasteiger charge is 2.58. The highest BCUT2D eigenvalue weighted by atomic mass is 35.5. The van der Waals surface area contributed by atoms with Gasteiger partial charge in [-0.25, -0.2) is 5.06 Å². The third-order valence-corrected chi connectivity index (χ3v) is 4.71. The number of alkyl halides is 8. The fourth-order valence-corrected chi connectivity index (χ4v) is 2.95. The van der Waals surface area contributed by atoms with Crippen LogP contribution in [0.4, 0.5) is 40.8 Å². The van der Waals surface area contributed by atoms with Gasteiger partial charge in [0.25, 0.3) is 0 Å². The largest absolute Gasteiger partial charge is 0.458 e. The minimum Gasteiger partial charge on any atom is -0.456 e. The molecule has 0 saturated heterocycles. The van der Waals surface area contributed by atoms with Crippen molar-refractivity contribution >= 4 is 17.3 Å². The number of aliphatic hydroxyl groups is 1. The van der Waals surface area contributed by atoms with Crippen LogP contribution in [0.3, 0.4) is 0 Å². The molecule has 0 radical (unpaired) electrons. The molecule has 36 heavy (non-hydrogen) atoms. The van der Waals surface area contributed by atoms with E-state index < -0.39 is 42.2 Å². The quantitative estimate of drug-likeness (QED) is 0.248. The van der Waals surface area contributed by atoms with Crippen molar-refractivity contribution in [2.45, 2.75) is 24.4 Å². The van der Waals surface area contributed by atoms with Gasteiger partial charge >= 0.3 is 18.3 Å². The Labute approximate surface area is 203 Å². The van der Waals surface area contributed by atoms with Crippen molar-refractivity contribution in [1.29, 1.82) is 0 Å². The van der Waals surface area contributed by atoms with Crippen LogP contribution < -0.4 is 14.6 Å². The molecular weight excluding hydrogens is 528 g/mol. The number of halogens is 9. The summed E-state index contributed by atoms with van der Waals surface area (Å²) in [7, 11) is 0. The first-order valence-electron chi connectivity index (χ1n) is 9.80. The van der Waals surface area contributed by atoms with Gasteiger partial charge in [0.1, 0.15) is 11.5 Å². The van der Waals surface area contributed by atoms with Crippen molar-refractivity contribution in [2.75, 3.05) is 11.6 Å². The summed E-state index contributed by atoms with van der Waals surface area (Å²) in [5, 5.41) is 10.3. The average Bonchev–Trinajstić information content (AvgIpc) is 2.77. The highest BCUT2D eigenvalue weighted by molar-refractivity contribution is 6.30. The minimum absolute atomic E-state index is 0.0593. The second-order valence-corrected chi connectivity index (χ2v) is 7.68. The monoisotopic (exact) mass is 542 g/mol. The Morgan fingerprint density at radius 1 is 0.861 bits per heavy atom. The van der Waals surface area contributed by atoms with E-state index in [2.05, 4.69) is 4.98 Å². The van der Waals surface area contributed by atoms with Gasteiger partial charge in [-0.15, -0.1) is 0 Å². The first-order valence-corrected chi connectivity index (χ1v) is 10.2. The Bertz CT molecular complexity index is 1190. The third-order valence-electron chi connectivity index (χ3n) is 4.51. The zero-order chi connectivity index (χ0) is 26.7. The predicted molar refractivity (Wildman–Crippen MR) is 112 cm³/mol. The van der Waals surface area contributed by atoms with Crippen LogP contribution in [0.1, 0.15) is 5.56 Å². The summed E-state index contributed by atoms with van der Waals surface area (Å²) in [6, 6.07) is 9.16. The molecule has 3 rings (SSSR count). The Balaban J connectivity index is 1.94. The Kier molecular flexibility index (Phi) is 7.84. The zero-order valence-corrected chi connectivity index (χ0v) is 18.5. The maximum absolute atomic E-state index is 13.7. The minimum atomic E-state index is -5.92. The van der Waals surface area contributed by atoms with Gasteiger partial charge in [0.15, 0.2) is 11.9 Å². The van der Waals surface area contributed by atoms with E-state index in [1.807, 2.05) is 0 Å². The molecule has 0 aliphatic carbocycles. The van der Waals surface area contributed by atoms with Gasteiger partial charge in [-0.1, -0.05) is 29.8 Å². The van der Waals surface area contributed by atoms with Gasteiger partial charge in [-0.2, -0.15) is 35.1 Å². The molecule has 0 amide bonds. The average molecular weight is 543 g/mol. The lowest BCUT2D eigenvalue weighted by molar-refractivity contribution is -0.289. The number of ether oxygens (including phenoxy) is 1. The molecule has 1 aromatic heterocycles. The van der Waals surface area contributed by atoms with Crippen molar-refractivity contribution in [1.82, 2.24) is 4.98 Å². The molecule has 0 aliphatic heterocycles. The number of nitrogens with zero attached hydrogens (tertiary/aromatic N) is 2. The third kappa shape index (κ3) is 6.66. The lowest BCUT2D eigenvalue weighted by Crippen LogP contribution is -2.42. The molecule has 1 N–H and O–H groups in total. The van der Waals surface area contributed by atoms with Crippen LogP contribution in [-0.4, -0.2) is 35.1 Å². The summed E-state index contributed by atoms with van der Waals surface area (Å²) < 4.78 is 110. The number of benzene rings is 2. The molecule has 3 aromatic rings. The number of pyridine rings is 1. The SMILES string of the molecule is O[C@@H](CN(Oc1cccc(C(F)(F)C(F)(F)F)c1)c1cccc(Oc2cncc(Cl)c2)c1)C(F)(F)F. The molecule has 0 spiro atoms. The molecular formula is C22H15ClF8N2O3. The van der Waals surface area contributed by atoms with E-state index in [1.54, 1.807) is 0 Å². The summed E-state index contributed by atoms with van der Waals surface area (Å²) in [6.07, 6.45) is -11.3. The number of hydroxylamine groups is 1. The normalized spacial score (nSPS) is 13.3. The van der Waals surface area contributed by atoms with Crippen LogP contribution in [-0.2, 0) is 5.92 Å². The number of anilines is 1. The summed E-state index contributed by atoms with van der Waals surface area (Å²) >= 11 is 5.83. The molecule has 194 valence electrons. The molecule has 2 aromatic carbocycles. The van der Waals surface area contributed by atoms with E-state index in [-0.39, 0.29) is 22.2 Å². The maximum Gasteiger partial charge on any atom is 0.458 e. The van der Waals surface area contributed by atoms with Gasteiger partial charge in [0.05, 0.1) is 23.5 Å². The van der Waals surface area contributed by atoms with Crippen LogP contribution >= 0.6 is 11.6 Å². The van der Waals surface area contributed by atoms with Gasteiger partial charge in [-0.3, -0.25) is 4.98 Å². The van der Waals surface area contributed by atoms with E-state index in [9.17, 15) is 40.2 Å². The molecule has 5 nitrogen and oxygen atoms in total. The Hall–Kier alpha value is -3.32. The first kappa shape index (κ1) is 27.3. The molecule has 0 bridgehead atoms. The van der Waals surface area contributed by atoms with Crippen LogP contribution in [0.5, 0.6) is 17.2 Å². The second kappa shape index (κ2) is 10.3. The maximum atomic E-state index is 13.7. The molecule has 0 aliphatic rings. The van der Waals surface area contributed by atoms with Crippen LogP contribution in [0.25, 0.3) is 0 Å². The van der Waals surface area contributed by atoms with Crippen molar-refractivity contribution < 1.29 is 49.8 Å². The van der Waals surface area contributed by atoms with Gasteiger partial charge in [0.2, 0.25) is 0 Å². The van der Waals surface area contributed by atoms with Gasteiger partial charge in [-0.05, 0) is 24.3 Å². The summed E-state index contributed by atoms with van der Waals surface area (Å²) in [4.78, 5) is 9.04. The number of aliphatic hydroxyl groups excluding tert-OH is 1.